The maximum absolute atomic E-state index is 13.6. The molecule has 0 aromatic heterocycles. The second kappa shape index (κ2) is 12.5. The third-order valence-corrected chi connectivity index (χ3v) is 8.79. The number of carbonyl (C=O) groups is 2. The second-order valence-electron chi connectivity index (χ2n) is 9.76. The van der Waals surface area contributed by atoms with Gasteiger partial charge in [-0.25, -0.2) is 12.8 Å². The van der Waals surface area contributed by atoms with Crippen LogP contribution in [0.25, 0.3) is 0 Å². The molecule has 4 aromatic carbocycles. The van der Waals surface area contributed by atoms with E-state index in [1.807, 2.05) is 0 Å². The summed E-state index contributed by atoms with van der Waals surface area (Å²) in [5.74, 6) is -0.740. The van der Waals surface area contributed by atoms with Crippen LogP contribution in [0, 0.1) is 11.7 Å². The molecule has 0 aliphatic carbocycles. The molecule has 7 nitrogen and oxygen atoms in total. The number of para-hydroxylation sites is 1. The topological polar surface area (TPSA) is 92.8 Å². The number of halogens is 3. The molecule has 0 radical (unpaired) electrons. The summed E-state index contributed by atoms with van der Waals surface area (Å²) in [4.78, 5) is 28.1. The van der Waals surface area contributed by atoms with Crippen molar-refractivity contribution in [3.63, 3.8) is 0 Å². The van der Waals surface area contributed by atoms with Gasteiger partial charge in [0.05, 0.1) is 21.2 Å². The molecule has 1 atom stereocenters. The Hall–Kier alpha value is -3.92. The van der Waals surface area contributed by atoms with Crippen LogP contribution in [0.4, 0.5) is 10.1 Å². The van der Waals surface area contributed by atoms with E-state index in [1.54, 1.807) is 24.3 Å². The van der Waals surface area contributed by atoms with Crippen molar-refractivity contribution >= 4 is 50.6 Å². The predicted molar refractivity (Wildman–Crippen MR) is 160 cm³/mol. The van der Waals surface area contributed by atoms with Crippen molar-refractivity contribution in [1.82, 2.24) is 4.90 Å². The van der Waals surface area contributed by atoms with E-state index >= 15 is 0 Å². The number of amides is 1. The standard InChI is InChI=1S/C31H25Cl2FN2O5S/c32-22-9-16-28(35-42(39,40)25-14-12-24(13-15-25)41-29-6-2-1-5-27(29)33)26(18-22)31(38)36-17-3-4-21(19-36)30(37)20-7-10-23(34)11-8-20/h1-2,5-16,18,21,35H,3-4,17,19H2/t21-/m0/s1. The third-order valence-electron chi connectivity index (χ3n) is 6.86. The molecule has 1 fully saturated rings. The summed E-state index contributed by atoms with van der Waals surface area (Å²) in [7, 11) is -4.10. The maximum atomic E-state index is 13.6. The van der Waals surface area contributed by atoms with Gasteiger partial charge in [0.15, 0.2) is 5.78 Å². The number of hydrogen-bond donors (Lipinski definition) is 1. The number of likely N-dealkylation sites (tertiary alicyclic amines) is 1. The first kappa shape index (κ1) is 29.6. The summed E-state index contributed by atoms with van der Waals surface area (Å²) in [5.41, 5.74) is 0.475. The lowest BCUT2D eigenvalue weighted by molar-refractivity contribution is 0.0638. The molecule has 0 bridgehead atoms. The lowest BCUT2D eigenvalue weighted by atomic mass is 9.89. The SMILES string of the molecule is O=C(c1ccc(F)cc1)[C@H]1CCCN(C(=O)c2cc(Cl)ccc2NS(=O)(=O)c2ccc(Oc3ccccc3Cl)cc2)C1. The number of rotatable bonds is 8. The lowest BCUT2D eigenvalue weighted by Crippen LogP contribution is -2.42. The summed E-state index contributed by atoms with van der Waals surface area (Å²) < 4.78 is 48.1. The zero-order valence-corrected chi connectivity index (χ0v) is 24.4. The summed E-state index contributed by atoms with van der Waals surface area (Å²) in [5, 5.41) is 0.661. The van der Waals surface area contributed by atoms with Gasteiger partial charge in [-0.3, -0.25) is 14.3 Å². The monoisotopic (exact) mass is 626 g/mol. The number of ketones is 1. The lowest BCUT2D eigenvalue weighted by Gasteiger charge is -2.32. The molecular weight excluding hydrogens is 602 g/mol. The second-order valence-corrected chi connectivity index (χ2v) is 12.3. The zero-order valence-electron chi connectivity index (χ0n) is 22.1. The normalized spacial score (nSPS) is 15.2. The van der Waals surface area contributed by atoms with Gasteiger partial charge in [0.2, 0.25) is 0 Å². The number of benzene rings is 4. The largest absolute Gasteiger partial charge is 0.456 e. The van der Waals surface area contributed by atoms with E-state index < -0.39 is 27.7 Å². The Kier molecular flexibility index (Phi) is 8.82. The van der Waals surface area contributed by atoms with E-state index in [9.17, 15) is 22.4 Å². The summed E-state index contributed by atoms with van der Waals surface area (Å²) in [6.45, 7) is 0.526. The first-order valence-electron chi connectivity index (χ1n) is 13.0. The van der Waals surface area contributed by atoms with Crippen LogP contribution in [-0.4, -0.2) is 38.1 Å². The van der Waals surface area contributed by atoms with Crippen LogP contribution >= 0.6 is 23.2 Å². The van der Waals surface area contributed by atoms with Gasteiger partial charge in [0.25, 0.3) is 15.9 Å². The van der Waals surface area contributed by atoms with Gasteiger partial charge >= 0.3 is 0 Å². The highest BCUT2D eigenvalue weighted by Crippen LogP contribution is 2.31. The highest BCUT2D eigenvalue weighted by molar-refractivity contribution is 7.92. The molecule has 1 amide bonds. The number of anilines is 1. The summed E-state index contributed by atoms with van der Waals surface area (Å²) >= 11 is 12.3. The molecule has 1 aliphatic rings. The van der Waals surface area contributed by atoms with Crippen molar-refractivity contribution in [3.05, 3.63) is 118 Å². The van der Waals surface area contributed by atoms with Crippen molar-refractivity contribution < 1.29 is 27.1 Å². The smallest absolute Gasteiger partial charge is 0.261 e. The van der Waals surface area contributed by atoms with Gasteiger partial charge < -0.3 is 9.64 Å². The summed E-state index contributed by atoms with van der Waals surface area (Å²) in [6.07, 6.45) is 1.15. The van der Waals surface area contributed by atoms with E-state index in [-0.39, 0.29) is 33.5 Å². The van der Waals surface area contributed by atoms with Crippen LogP contribution in [0.2, 0.25) is 10.0 Å². The highest BCUT2D eigenvalue weighted by atomic mass is 35.5. The molecule has 1 heterocycles. The van der Waals surface area contributed by atoms with E-state index in [0.29, 0.717) is 41.5 Å². The Balaban J connectivity index is 1.33. The van der Waals surface area contributed by atoms with E-state index in [0.717, 1.165) is 0 Å². The number of piperidine rings is 1. The molecule has 1 aliphatic heterocycles. The number of carbonyl (C=O) groups excluding carboxylic acids is 2. The Bertz CT molecular complexity index is 1730. The maximum Gasteiger partial charge on any atom is 0.261 e. The number of sulfonamides is 1. The van der Waals surface area contributed by atoms with Crippen molar-refractivity contribution in [2.75, 3.05) is 17.8 Å². The van der Waals surface area contributed by atoms with Crippen LogP contribution in [0.15, 0.2) is 95.9 Å². The fourth-order valence-electron chi connectivity index (χ4n) is 4.72. The van der Waals surface area contributed by atoms with Crippen LogP contribution in [0.3, 0.4) is 0 Å². The molecule has 5 rings (SSSR count). The van der Waals surface area contributed by atoms with Gasteiger partial charge in [-0.1, -0.05) is 35.3 Å². The van der Waals surface area contributed by atoms with Crippen LogP contribution in [-0.2, 0) is 10.0 Å². The Morgan fingerprint density at radius 1 is 0.929 bits per heavy atom. The van der Waals surface area contributed by atoms with Crippen molar-refractivity contribution in [1.29, 1.82) is 0 Å². The first-order chi connectivity index (χ1) is 20.1. The Labute approximate surface area is 252 Å². The molecule has 1 N–H and O–H groups in total. The number of nitrogens with zero attached hydrogens (tertiary/aromatic N) is 1. The van der Waals surface area contributed by atoms with Crippen molar-refractivity contribution in [2.45, 2.75) is 17.7 Å². The average molecular weight is 628 g/mol. The van der Waals surface area contributed by atoms with Crippen molar-refractivity contribution in [2.24, 2.45) is 5.92 Å². The Morgan fingerprint density at radius 3 is 2.36 bits per heavy atom. The predicted octanol–water partition coefficient (Wildman–Crippen LogP) is 7.46. The minimum atomic E-state index is -4.10. The molecular formula is C31H25Cl2FN2O5S. The minimum Gasteiger partial charge on any atom is -0.456 e. The molecule has 216 valence electrons. The van der Waals surface area contributed by atoms with E-state index in [1.165, 1.54) is 71.6 Å². The Morgan fingerprint density at radius 2 is 1.64 bits per heavy atom. The van der Waals surface area contributed by atoms with E-state index in [2.05, 4.69) is 4.72 Å². The first-order valence-corrected chi connectivity index (χ1v) is 15.3. The molecule has 0 saturated carbocycles. The van der Waals surface area contributed by atoms with E-state index in [4.69, 9.17) is 27.9 Å². The number of nitrogens with one attached hydrogen (secondary N) is 1. The number of ether oxygens (including phenoxy) is 1. The summed E-state index contributed by atoms with van der Waals surface area (Å²) in [6, 6.07) is 22.3. The third kappa shape index (κ3) is 6.75. The van der Waals surface area contributed by atoms with Crippen LogP contribution < -0.4 is 9.46 Å². The molecule has 42 heavy (non-hydrogen) atoms. The van der Waals surface area contributed by atoms with Gasteiger partial charge in [0, 0.05) is 29.6 Å². The quantitative estimate of drug-likeness (QED) is 0.205. The molecule has 11 heteroatoms. The van der Waals surface area contributed by atoms with Gasteiger partial charge in [-0.05, 0) is 91.7 Å². The molecule has 0 unspecified atom stereocenters. The number of Topliss-reactive ketones (excluding diaryl/α,β-unsaturated/α-hetero) is 1. The van der Waals surface area contributed by atoms with Gasteiger partial charge in [-0.15, -0.1) is 0 Å². The minimum absolute atomic E-state index is 0.0489. The number of hydrogen-bond acceptors (Lipinski definition) is 5. The average Bonchev–Trinajstić information content (AvgIpc) is 2.99. The van der Waals surface area contributed by atoms with Crippen molar-refractivity contribution in [3.8, 4) is 11.5 Å². The van der Waals surface area contributed by atoms with Crippen LogP contribution in [0.1, 0.15) is 33.6 Å². The highest BCUT2D eigenvalue weighted by Gasteiger charge is 2.31. The zero-order chi connectivity index (χ0) is 29.9. The van der Waals surface area contributed by atoms with Gasteiger partial charge in [-0.2, -0.15) is 0 Å². The molecule has 0 spiro atoms. The fourth-order valence-corrected chi connectivity index (χ4v) is 6.15. The fraction of sp³-hybridized carbons (Fsp3) is 0.161. The van der Waals surface area contributed by atoms with Gasteiger partial charge in [0.1, 0.15) is 17.3 Å². The molecule has 1 saturated heterocycles. The molecule has 4 aromatic rings. The van der Waals surface area contributed by atoms with Crippen LogP contribution in [0.5, 0.6) is 11.5 Å².